The van der Waals surface area contributed by atoms with Crippen molar-refractivity contribution in [2.45, 2.75) is 6.92 Å². The van der Waals surface area contributed by atoms with Crippen molar-refractivity contribution in [3.63, 3.8) is 0 Å². The molecule has 1 aromatic rings. The minimum Gasteiger partial charge on any atom is -0.755 e. The van der Waals surface area contributed by atoms with E-state index in [0.717, 1.165) is 10.2 Å². The maximum absolute atomic E-state index is 10.2. The Labute approximate surface area is 109 Å². The van der Waals surface area contributed by atoms with Crippen molar-refractivity contribution in [2.75, 3.05) is 4.72 Å². The fraction of sp³-hybridized carbons (Fsp3) is 0.167. The second-order valence-corrected chi connectivity index (χ2v) is 3.63. The number of aryl methyl sites for hydroxylation is 1. The molecule has 0 aliphatic rings. The van der Waals surface area contributed by atoms with Gasteiger partial charge in [-0.1, -0.05) is 0 Å². The summed E-state index contributed by atoms with van der Waals surface area (Å²) in [5.74, 6) is 0.323. The first-order valence-corrected chi connectivity index (χ1v) is 4.95. The van der Waals surface area contributed by atoms with Crippen LogP contribution in [-0.2, 0) is 11.3 Å². The second-order valence-electron chi connectivity index (χ2n) is 2.10. The monoisotopic (exact) mass is 272 g/mol. The third-order valence-corrected chi connectivity index (χ3v) is 2.42. The number of anilines is 1. The van der Waals surface area contributed by atoms with Crippen LogP contribution in [0.4, 0.5) is 5.82 Å². The van der Waals surface area contributed by atoms with E-state index >= 15 is 0 Å². The Bertz CT molecular complexity index is 324. The maximum Gasteiger partial charge on any atom is 0.137 e. The zero-order chi connectivity index (χ0) is 9.14. The molecule has 1 N–H and O–H groups in total. The van der Waals surface area contributed by atoms with Crippen LogP contribution in [0.25, 0.3) is 0 Å². The summed E-state index contributed by atoms with van der Waals surface area (Å²) < 4.78 is 23.4. The van der Waals surface area contributed by atoms with Gasteiger partial charge in [0.15, 0.2) is 0 Å². The van der Waals surface area contributed by atoms with E-state index in [2.05, 4.69) is 25.6 Å². The van der Waals surface area contributed by atoms with Crippen molar-refractivity contribution >= 4 is 62.6 Å². The summed E-state index contributed by atoms with van der Waals surface area (Å²) in [5, 5.41) is 0. The molecule has 67 valence electrons. The summed E-state index contributed by atoms with van der Waals surface area (Å²) in [6, 6.07) is 3.31. The van der Waals surface area contributed by atoms with Crippen molar-refractivity contribution in [1.29, 1.82) is 0 Å². The SMILES string of the molecule is Cc1nc(NS(=O)[O-])ccc1Br.[Na]. The first kappa shape index (κ1) is 13.5. The summed E-state index contributed by atoms with van der Waals surface area (Å²) >= 11 is 0.942. The molecule has 1 atom stereocenters. The number of hydrogen-bond acceptors (Lipinski definition) is 3. The first-order chi connectivity index (χ1) is 5.59. The van der Waals surface area contributed by atoms with Crippen LogP contribution < -0.4 is 4.72 Å². The summed E-state index contributed by atoms with van der Waals surface area (Å²) in [7, 11) is 0. The largest absolute Gasteiger partial charge is 0.755 e. The van der Waals surface area contributed by atoms with Crippen LogP contribution in [0.5, 0.6) is 0 Å². The summed E-state index contributed by atoms with van der Waals surface area (Å²) in [6.07, 6.45) is 0. The topological polar surface area (TPSA) is 65.0 Å². The molecular formula is C6H6BrN2NaO2S-. The first-order valence-electron chi connectivity index (χ1n) is 3.08. The Kier molecular flexibility index (Phi) is 6.36. The predicted molar refractivity (Wildman–Crippen MR) is 55.0 cm³/mol. The Hall–Kier alpha value is 0.540. The van der Waals surface area contributed by atoms with Gasteiger partial charge in [-0.3, -0.25) is 4.21 Å². The zero-order valence-electron chi connectivity index (χ0n) is 7.20. The van der Waals surface area contributed by atoms with E-state index in [9.17, 15) is 8.76 Å². The Balaban J connectivity index is 0.00000144. The van der Waals surface area contributed by atoms with E-state index in [4.69, 9.17) is 0 Å². The molecule has 1 rings (SSSR count). The Morgan fingerprint density at radius 3 is 2.69 bits per heavy atom. The van der Waals surface area contributed by atoms with Gasteiger partial charge >= 0.3 is 0 Å². The summed E-state index contributed by atoms with van der Waals surface area (Å²) in [4.78, 5) is 3.96. The van der Waals surface area contributed by atoms with Gasteiger partial charge < -0.3 is 9.27 Å². The molecule has 4 nitrogen and oxygen atoms in total. The molecule has 0 saturated heterocycles. The molecule has 7 heteroatoms. The van der Waals surface area contributed by atoms with E-state index in [1.165, 1.54) is 0 Å². The van der Waals surface area contributed by atoms with Crippen LogP contribution in [-0.4, -0.2) is 43.3 Å². The Morgan fingerprint density at radius 1 is 1.62 bits per heavy atom. The second kappa shape index (κ2) is 6.10. The maximum atomic E-state index is 10.2. The van der Waals surface area contributed by atoms with Gasteiger partial charge in [0.1, 0.15) is 5.82 Å². The van der Waals surface area contributed by atoms with Gasteiger partial charge in [0.05, 0.1) is 5.69 Å². The molecule has 1 unspecified atom stereocenters. The molecule has 0 aromatic carbocycles. The Morgan fingerprint density at radius 2 is 2.23 bits per heavy atom. The van der Waals surface area contributed by atoms with Crippen molar-refractivity contribution in [2.24, 2.45) is 0 Å². The fourth-order valence-corrected chi connectivity index (χ4v) is 1.19. The van der Waals surface area contributed by atoms with E-state index in [-0.39, 0.29) is 29.6 Å². The molecule has 0 fully saturated rings. The standard InChI is InChI=1S/C6H7BrN2O2S.Na/c1-4-5(7)2-3-6(8-4)9-12(10)11;/h2-3H,1H3,(H,8,9)(H,10,11);/p-1. The number of nitrogens with one attached hydrogen (secondary N) is 1. The zero-order valence-corrected chi connectivity index (χ0v) is 11.6. The quantitative estimate of drug-likeness (QED) is 0.645. The third-order valence-electron chi connectivity index (χ3n) is 1.21. The molecule has 1 aromatic heterocycles. The van der Waals surface area contributed by atoms with Gasteiger partial charge in [-0.25, -0.2) is 4.98 Å². The number of aromatic nitrogens is 1. The number of rotatable bonds is 2. The van der Waals surface area contributed by atoms with Crippen LogP contribution >= 0.6 is 15.9 Å². The van der Waals surface area contributed by atoms with Gasteiger partial charge in [0.25, 0.3) is 0 Å². The molecule has 0 saturated carbocycles. The number of halogens is 1. The fourth-order valence-electron chi connectivity index (χ4n) is 0.686. The average molecular weight is 273 g/mol. The van der Waals surface area contributed by atoms with Crippen LogP contribution in [0.1, 0.15) is 5.69 Å². The third kappa shape index (κ3) is 4.53. The van der Waals surface area contributed by atoms with Crippen molar-refractivity contribution < 1.29 is 8.76 Å². The van der Waals surface area contributed by atoms with Gasteiger partial charge in [0.2, 0.25) is 0 Å². The number of nitrogens with zero attached hydrogens (tertiary/aromatic N) is 1. The summed E-state index contributed by atoms with van der Waals surface area (Å²) in [5.41, 5.74) is 0.741. The van der Waals surface area contributed by atoms with Gasteiger partial charge in [-0.2, -0.15) is 0 Å². The van der Waals surface area contributed by atoms with Crippen molar-refractivity contribution in [3.8, 4) is 0 Å². The molecule has 0 bridgehead atoms. The van der Waals surface area contributed by atoms with Gasteiger partial charge in [0, 0.05) is 45.3 Å². The minimum absolute atomic E-state index is 0. The molecule has 1 radical (unpaired) electrons. The molecule has 0 aliphatic heterocycles. The molecule has 0 aliphatic carbocycles. The average Bonchev–Trinajstić information content (AvgIpc) is 1.96. The number of pyridine rings is 1. The van der Waals surface area contributed by atoms with Crippen LogP contribution in [0.15, 0.2) is 16.6 Å². The van der Waals surface area contributed by atoms with Crippen LogP contribution in [0.2, 0.25) is 0 Å². The summed E-state index contributed by atoms with van der Waals surface area (Å²) in [6.45, 7) is 1.78. The molecule has 13 heavy (non-hydrogen) atoms. The van der Waals surface area contributed by atoms with E-state index < -0.39 is 11.3 Å². The van der Waals surface area contributed by atoms with Crippen molar-refractivity contribution in [3.05, 3.63) is 22.3 Å². The smallest absolute Gasteiger partial charge is 0.137 e. The van der Waals surface area contributed by atoms with E-state index in [1.807, 2.05) is 0 Å². The van der Waals surface area contributed by atoms with Gasteiger partial charge in [-0.05, 0) is 35.0 Å². The molecule has 0 spiro atoms. The molecule has 1 heterocycles. The van der Waals surface area contributed by atoms with E-state index in [0.29, 0.717) is 5.82 Å². The predicted octanol–water partition coefficient (Wildman–Crippen LogP) is 0.978. The van der Waals surface area contributed by atoms with E-state index in [1.54, 1.807) is 19.1 Å². The number of hydrogen-bond donors (Lipinski definition) is 1. The van der Waals surface area contributed by atoms with Crippen LogP contribution in [0.3, 0.4) is 0 Å². The molecule has 0 amide bonds. The van der Waals surface area contributed by atoms with Gasteiger partial charge in [-0.15, -0.1) is 0 Å². The van der Waals surface area contributed by atoms with Crippen molar-refractivity contribution in [1.82, 2.24) is 4.98 Å². The minimum atomic E-state index is -2.31. The van der Waals surface area contributed by atoms with Crippen LogP contribution in [0, 0.1) is 6.92 Å². The normalized spacial score (nSPS) is 11.6. The molecular weight excluding hydrogens is 267 g/mol.